The van der Waals surface area contributed by atoms with Crippen molar-refractivity contribution in [1.29, 1.82) is 0 Å². The number of thioether (sulfide) groups is 1. The standard InChI is InChI=1S/C9H14N4S/c1-7-6-13(4-5-14-7)9-3-2-8(10)11-12-9/h2-3,7H,4-6H2,1H3,(H2,10,11). The van der Waals surface area contributed by atoms with Crippen LogP contribution in [0.25, 0.3) is 0 Å². The Morgan fingerprint density at radius 2 is 2.36 bits per heavy atom. The molecule has 0 radical (unpaired) electrons. The fourth-order valence-electron chi connectivity index (χ4n) is 1.53. The lowest BCUT2D eigenvalue weighted by Crippen LogP contribution is -2.37. The SMILES string of the molecule is CC1CN(c2ccc(N)nn2)CCS1. The molecule has 4 nitrogen and oxygen atoms in total. The molecule has 1 saturated heterocycles. The van der Waals surface area contributed by atoms with Crippen LogP contribution in [-0.2, 0) is 0 Å². The summed E-state index contributed by atoms with van der Waals surface area (Å²) < 4.78 is 0. The molecule has 1 aromatic heterocycles. The van der Waals surface area contributed by atoms with Gasteiger partial charge in [-0.25, -0.2) is 0 Å². The van der Waals surface area contributed by atoms with Crippen LogP contribution < -0.4 is 10.6 Å². The third kappa shape index (κ3) is 2.09. The number of nitrogen functional groups attached to an aromatic ring is 1. The number of nitrogens with zero attached hydrogens (tertiary/aromatic N) is 3. The Bertz CT molecular complexity index is 300. The van der Waals surface area contributed by atoms with Crippen molar-refractivity contribution in [2.75, 3.05) is 29.5 Å². The third-order valence-corrected chi connectivity index (χ3v) is 3.37. The molecule has 1 unspecified atom stereocenters. The summed E-state index contributed by atoms with van der Waals surface area (Å²) in [5, 5.41) is 8.61. The van der Waals surface area contributed by atoms with Gasteiger partial charge < -0.3 is 10.6 Å². The number of hydrogen-bond donors (Lipinski definition) is 1. The molecule has 1 aromatic rings. The highest BCUT2D eigenvalue weighted by atomic mass is 32.2. The normalized spacial score (nSPS) is 22.4. The molecule has 1 aliphatic rings. The Hall–Kier alpha value is -0.970. The summed E-state index contributed by atoms with van der Waals surface area (Å²) in [5.41, 5.74) is 5.49. The first kappa shape index (κ1) is 9.58. The van der Waals surface area contributed by atoms with E-state index in [1.807, 2.05) is 17.8 Å². The van der Waals surface area contributed by atoms with Gasteiger partial charge in [-0.15, -0.1) is 10.2 Å². The summed E-state index contributed by atoms with van der Waals surface area (Å²) in [7, 11) is 0. The molecule has 1 fully saturated rings. The zero-order valence-corrected chi connectivity index (χ0v) is 9.00. The Balaban J connectivity index is 2.10. The van der Waals surface area contributed by atoms with Crippen LogP contribution in [-0.4, -0.2) is 34.3 Å². The molecule has 2 N–H and O–H groups in total. The van der Waals surface area contributed by atoms with Crippen molar-refractivity contribution in [2.24, 2.45) is 0 Å². The number of nitrogens with two attached hydrogens (primary N) is 1. The molecule has 2 heterocycles. The van der Waals surface area contributed by atoms with Gasteiger partial charge >= 0.3 is 0 Å². The topological polar surface area (TPSA) is 55.0 Å². The molecule has 0 amide bonds. The number of anilines is 2. The highest BCUT2D eigenvalue weighted by Crippen LogP contribution is 2.21. The van der Waals surface area contributed by atoms with E-state index in [-0.39, 0.29) is 0 Å². The van der Waals surface area contributed by atoms with Crippen molar-refractivity contribution >= 4 is 23.4 Å². The molecule has 5 heteroatoms. The molecule has 1 atom stereocenters. The zero-order valence-electron chi connectivity index (χ0n) is 8.18. The minimum atomic E-state index is 0.480. The number of aromatic nitrogens is 2. The van der Waals surface area contributed by atoms with Crippen LogP contribution in [0.1, 0.15) is 6.92 Å². The van der Waals surface area contributed by atoms with Gasteiger partial charge in [0.1, 0.15) is 5.82 Å². The van der Waals surface area contributed by atoms with E-state index in [0.29, 0.717) is 11.1 Å². The van der Waals surface area contributed by atoms with E-state index in [1.165, 1.54) is 0 Å². The molecular formula is C9H14N4S. The quantitative estimate of drug-likeness (QED) is 0.749. The highest BCUT2D eigenvalue weighted by Gasteiger charge is 2.17. The van der Waals surface area contributed by atoms with E-state index in [9.17, 15) is 0 Å². The number of hydrogen-bond acceptors (Lipinski definition) is 5. The minimum Gasteiger partial charge on any atom is -0.382 e. The van der Waals surface area contributed by atoms with Crippen molar-refractivity contribution in [1.82, 2.24) is 10.2 Å². The van der Waals surface area contributed by atoms with E-state index in [1.54, 1.807) is 6.07 Å². The summed E-state index contributed by atoms with van der Waals surface area (Å²) in [6.45, 7) is 4.33. The third-order valence-electron chi connectivity index (χ3n) is 2.24. The maximum absolute atomic E-state index is 5.49. The fourth-order valence-corrected chi connectivity index (χ4v) is 2.54. The Labute approximate surface area is 87.9 Å². The minimum absolute atomic E-state index is 0.480. The van der Waals surface area contributed by atoms with E-state index >= 15 is 0 Å². The van der Waals surface area contributed by atoms with E-state index in [2.05, 4.69) is 22.0 Å². The van der Waals surface area contributed by atoms with Gasteiger partial charge in [-0.3, -0.25) is 0 Å². The predicted molar refractivity (Wildman–Crippen MR) is 60.6 cm³/mol. The van der Waals surface area contributed by atoms with Gasteiger partial charge in [0.05, 0.1) is 0 Å². The average Bonchev–Trinajstić information content (AvgIpc) is 2.19. The van der Waals surface area contributed by atoms with Crippen LogP contribution in [0.4, 0.5) is 11.6 Å². The molecule has 1 aliphatic heterocycles. The molecular weight excluding hydrogens is 196 g/mol. The first-order valence-electron chi connectivity index (χ1n) is 4.71. The van der Waals surface area contributed by atoms with Crippen molar-refractivity contribution < 1.29 is 0 Å². The molecule has 0 spiro atoms. The largest absolute Gasteiger partial charge is 0.382 e. The monoisotopic (exact) mass is 210 g/mol. The number of rotatable bonds is 1. The second kappa shape index (κ2) is 4.04. The van der Waals surface area contributed by atoms with E-state index < -0.39 is 0 Å². The fraction of sp³-hybridized carbons (Fsp3) is 0.556. The van der Waals surface area contributed by atoms with Crippen LogP contribution >= 0.6 is 11.8 Å². The average molecular weight is 210 g/mol. The van der Waals surface area contributed by atoms with Gasteiger partial charge in [-0.2, -0.15) is 11.8 Å². The zero-order chi connectivity index (χ0) is 9.97. The van der Waals surface area contributed by atoms with Gasteiger partial charge in [0.2, 0.25) is 0 Å². The van der Waals surface area contributed by atoms with Crippen molar-refractivity contribution in [2.45, 2.75) is 12.2 Å². The summed E-state index contributed by atoms with van der Waals surface area (Å²) in [6.07, 6.45) is 0. The second-order valence-electron chi connectivity index (χ2n) is 3.44. The lowest BCUT2D eigenvalue weighted by atomic mass is 10.3. The van der Waals surface area contributed by atoms with Gasteiger partial charge in [0.15, 0.2) is 5.82 Å². The summed E-state index contributed by atoms with van der Waals surface area (Å²) >= 11 is 2.01. The van der Waals surface area contributed by atoms with Gasteiger partial charge in [-0.1, -0.05) is 6.92 Å². The van der Waals surface area contributed by atoms with Crippen LogP contribution in [0.3, 0.4) is 0 Å². The Morgan fingerprint density at radius 1 is 1.50 bits per heavy atom. The first-order valence-corrected chi connectivity index (χ1v) is 5.76. The molecule has 0 aliphatic carbocycles. The lowest BCUT2D eigenvalue weighted by molar-refractivity contribution is 0.760. The predicted octanol–water partition coefficient (Wildman–Crippen LogP) is 1.00. The summed E-state index contributed by atoms with van der Waals surface area (Å²) in [4.78, 5) is 2.26. The smallest absolute Gasteiger partial charge is 0.151 e. The molecule has 14 heavy (non-hydrogen) atoms. The summed E-state index contributed by atoms with van der Waals surface area (Å²) in [5.74, 6) is 2.58. The molecule has 0 aromatic carbocycles. The van der Waals surface area contributed by atoms with Crippen molar-refractivity contribution in [3.8, 4) is 0 Å². The molecule has 2 rings (SSSR count). The van der Waals surface area contributed by atoms with Gasteiger partial charge in [0, 0.05) is 24.1 Å². The summed E-state index contributed by atoms with van der Waals surface area (Å²) in [6, 6.07) is 3.74. The van der Waals surface area contributed by atoms with Gasteiger partial charge in [0.25, 0.3) is 0 Å². The van der Waals surface area contributed by atoms with E-state index in [4.69, 9.17) is 5.73 Å². The first-order chi connectivity index (χ1) is 6.75. The lowest BCUT2D eigenvalue weighted by Gasteiger charge is -2.30. The Kier molecular flexibility index (Phi) is 2.77. The molecule has 0 saturated carbocycles. The second-order valence-corrected chi connectivity index (χ2v) is 4.99. The highest BCUT2D eigenvalue weighted by molar-refractivity contribution is 8.00. The van der Waals surface area contributed by atoms with Crippen LogP contribution in [0.15, 0.2) is 12.1 Å². The van der Waals surface area contributed by atoms with Crippen LogP contribution in [0.2, 0.25) is 0 Å². The maximum Gasteiger partial charge on any atom is 0.151 e. The van der Waals surface area contributed by atoms with Crippen molar-refractivity contribution in [3.05, 3.63) is 12.1 Å². The Morgan fingerprint density at radius 3 is 3.00 bits per heavy atom. The molecule has 0 bridgehead atoms. The maximum atomic E-state index is 5.49. The van der Waals surface area contributed by atoms with Crippen molar-refractivity contribution in [3.63, 3.8) is 0 Å². The van der Waals surface area contributed by atoms with E-state index in [0.717, 1.165) is 24.7 Å². The van der Waals surface area contributed by atoms with Crippen LogP contribution in [0.5, 0.6) is 0 Å². The molecule has 76 valence electrons. The van der Waals surface area contributed by atoms with Crippen LogP contribution in [0, 0.1) is 0 Å². The van der Waals surface area contributed by atoms with Gasteiger partial charge in [-0.05, 0) is 12.1 Å².